The maximum absolute atomic E-state index is 11.4. The second-order valence-corrected chi connectivity index (χ2v) is 3.62. The molecule has 2 amide bonds. The van der Waals surface area contributed by atoms with Crippen LogP contribution in [0, 0.1) is 0 Å². The number of carbonyl (C=O) groups excluding carboxylic acids is 1. The van der Waals surface area contributed by atoms with Gasteiger partial charge in [0.1, 0.15) is 0 Å². The normalized spacial score (nSPS) is 11.1. The van der Waals surface area contributed by atoms with E-state index in [1.807, 2.05) is 60.7 Å². The second kappa shape index (κ2) is 6.25. The standard InChI is InChI=1S/C15H12N2O/c18-15(16-11-13-7-3-1-4-8-13)17-12-14-9-5-2-6-10-14/h1-12H/b16-11+,17-12+. The topological polar surface area (TPSA) is 41.8 Å². The van der Waals surface area contributed by atoms with Gasteiger partial charge in [-0.25, -0.2) is 4.79 Å². The molecule has 0 saturated carbocycles. The quantitative estimate of drug-likeness (QED) is 0.737. The van der Waals surface area contributed by atoms with Gasteiger partial charge < -0.3 is 0 Å². The van der Waals surface area contributed by atoms with E-state index >= 15 is 0 Å². The zero-order chi connectivity index (χ0) is 12.6. The number of urea groups is 1. The van der Waals surface area contributed by atoms with Crippen LogP contribution in [0.5, 0.6) is 0 Å². The molecule has 3 nitrogen and oxygen atoms in total. The Bertz CT molecular complexity index is 508. The first kappa shape index (κ1) is 11.9. The number of benzene rings is 2. The van der Waals surface area contributed by atoms with Crippen LogP contribution in [-0.2, 0) is 0 Å². The number of rotatable bonds is 2. The van der Waals surface area contributed by atoms with E-state index in [0.717, 1.165) is 11.1 Å². The molecule has 0 bridgehead atoms. The van der Waals surface area contributed by atoms with E-state index in [0.29, 0.717) is 0 Å². The van der Waals surface area contributed by atoms with Gasteiger partial charge in [-0.2, -0.15) is 9.98 Å². The Hall–Kier alpha value is -2.55. The van der Waals surface area contributed by atoms with Gasteiger partial charge in [-0.05, 0) is 11.1 Å². The molecule has 2 aromatic rings. The van der Waals surface area contributed by atoms with Crippen molar-refractivity contribution in [3.8, 4) is 0 Å². The summed E-state index contributed by atoms with van der Waals surface area (Å²) >= 11 is 0. The molecule has 0 aliphatic heterocycles. The van der Waals surface area contributed by atoms with Crippen LogP contribution in [0.2, 0.25) is 0 Å². The van der Waals surface area contributed by atoms with Gasteiger partial charge in [0.2, 0.25) is 0 Å². The van der Waals surface area contributed by atoms with Gasteiger partial charge in [0.05, 0.1) is 0 Å². The summed E-state index contributed by atoms with van der Waals surface area (Å²) in [5.41, 5.74) is 1.75. The first-order valence-corrected chi connectivity index (χ1v) is 5.57. The van der Waals surface area contributed by atoms with Crippen LogP contribution in [-0.4, -0.2) is 18.5 Å². The lowest BCUT2D eigenvalue weighted by Gasteiger charge is -1.90. The lowest BCUT2D eigenvalue weighted by Crippen LogP contribution is -1.89. The van der Waals surface area contributed by atoms with Crippen molar-refractivity contribution in [2.75, 3.05) is 0 Å². The molecular formula is C15H12N2O. The van der Waals surface area contributed by atoms with Crippen molar-refractivity contribution in [2.45, 2.75) is 0 Å². The van der Waals surface area contributed by atoms with Crippen LogP contribution >= 0.6 is 0 Å². The monoisotopic (exact) mass is 236 g/mol. The molecule has 0 aliphatic carbocycles. The average molecular weight is 236 g/mol. The Balaban J connectivity index is 1.97. The summed E-state index contributed by atoms with van der Waals surface area (Å²) in [7, 11) is 0. The number of amides is 2. The van der Waals surface area contributed by atoms with Crippen LogP contribution in [0.3, 0.4) is 0 Å². The third kappa shape index (κ3) is 3.79. The third-order valence-corrected chi connectivity index (χ3v) is 2.25. The predicted octanol–water partition coefficient (Wildman–Crippen LogP) is 3.34. The summed E-state index contributed by atoms with van der Waals surface area (Å²) in [6.07, 6.45) is 3.01. The van der Waals surface area contributed by atoms with Gasteiger partial charge in [-0.15, -0.1) is 0 Å². The van der Waals surface area contributed by atoms with E-state index in [2.05, 4.69) is 9.98 Å². The molecule has 0 atom stereocenters. The fourth-order valence-electron chi connectivity index (χ4n) is 1.37. The molecule has 88 valence electrons. The molecule has 0 saturated heterocycles. The first-order valence-electron chi connectivity index (χ1n) is 5.57. The molecule has 18 heavy (non-hydrogen) atoms. The zero-order valence-corrected chi connectivity index (χ0v) is 9.73. The van der Waals surface area contributed by atoms with E-state index in [-0.39, 0.29) is 0 Å². The van der Waals surface area contributed by atoms with Crippen molar-refractivity contribution < 1.29 is 4.79 Å². The SMILES string of the molecule is O=C(/N=C/c1ccccc1)/N=C/c1ccccc1. The predicted molar refractivity (Wildman–Crippen MR) is 73.5 cm³/mol. The summed E-state index contributed by atoms with van der Waals surface area (Å²) < 4.78 is 0. The fraction of sp³-hybridized carbons (Fsp3) is 0. The van der Waals surface area contributed by atoms with Crippen molar-refractivity contribution in [3.63, 3.8) is 0 Å². The molecule has 0 spiro atoms. The number of hydrogen-bond acceptors (Lipinski definition) is 1. The molecule has 2 rings (SSSR count). The molecular weight excluding hydrogens is 224 g/mol. The minimum absolute atomic E-state index is 0.511. The van der Waals surface area contributed by atoms with E-state index in [1.54, 1.807) is 0 Å². The van der Waals surface area contributed by atoms with E-state index < -0.39 is 6.03 Å². The van der Waals surface area contributed by atoms with Gasteiger partial charge in [-0.1, -0.05) is 60.7 Å². The Labute approximate surface area is 106 Å². The first-order chi connectivity index (χ1) is 8.84. The van der Waals surface area contributed by atoms with Crippen molar-refractivity contribution in [2.24, 2.45) is 9.98 Å². The summed E-state index contributed by atoms with van der Waals surface area (Å²) in [6.45, 7) is 0. The molecule has 0 N–H and O–H groups in total. The van der Waals surface area contributed by atoms with Crippen LogP contribution < -0.4 is 0 Å². The number of carbonyl (C=O) groups is 1. The molecule has 0 aliphatic rings. The molecule has 0 aromatic heterocycles. The molecule has 0 fully saturated rings. The Morgan fingerprint density at radius 3 is 1.50 bits per heavy atom. The summed E-state index contributed by atoms with van der Waals surface area (Å²) in [6, 6.07) is 18.4. The molecule has 3 heteroatoms. The van der Waals surface area contributed by atoms with Crippen LogP contribution in [0.15, 0.2) is 70.6 Å². The van der Waals surface area contributed by atoms with E-state index in [4.69, 9.17) is 0 Å². The van der Waals surface area contributed by atoms with Gasteiger partial charge in [0, 0.05) is 12.4 Å². The molecule has 0 unspecified atom stereocenters. The van der Waals surface area contributed by atoms with Crippen molar-refractivity contribution >= 4 is 18.5 Å². The van der Waals surface area contributed by atoms with Gasteiger partial charge in [0.25, 0.3) is 0 Å². The molecule has 0 heterocycles. The van der Waals surface area contributed by atoms with Crippen molar-refractivity contribution in [1.29, 1.82) is 0 Å². The highest BCUT2D eigenvalue weighted by molar-refractivity contribution is 5.96. The Morgan fingerprint density at radius 2 is 1.11 bits per heavy atom. The van der Waals surface area contributed by atoms with Crippen molar-refractivity contribution in [1.82, 2.24) is 0 Å². The van der Waals surface area contributed by atoms with Crippen LogP contribution in [0.25, 0.3) is 0 Å². The number of aliphatic imine (C=N–C) groups is 2. The number of hydrogen-bond donors (Lipinski definition) is 0. The largest absolute Gasteiger partial charge is 0.366 e. The maximum atomic E-state index is 11.4. The smallest absolute Gasteiger partial charge is 0.244 e. The highest BCUT2D eigenvalue weighted by Crippen LogP contribution is 1.96. The fourth-order valence-corrected chi connectivity index (χ4v) is 1.37. The summed E-state index contributed by atoms with van der Waals surface area (Å²) in [4.78, 5) is 18.9. The third-order valence-electron chi connectivity index (χ3n) is 2.25. The number of nitrogens with zero attached hydrogens (tertiary/aromatic N) is 2. The van der Waals surface area contributed by atoms with Gasteiger partial charge >= 0.3 is 6.03 Å². The molecule has 0 radical (unpaired) electrons. The summed E-state index contributed by atoms with van der Waals surface area (Å²) in [5, 5.41) is 0. The Kier molecular flexibility index (Phi) is 4.14. The lowest BCUT2D eigenvalue weighted by molar-refractivity contribution is 0.257. The second-order valence-electron chi connectivity index (χ2n) is 3.62. The minimum Gasteiger partial charge on any atom is -0.244 e. The Morgan fingerprint density at radius 1 is 0.722 bits per heavy atom. The minimum atomic E-state index is -0.511. The van der Waals surface area contributed by atoms with E-state index in [1.165, 1.54) is 12.4 Å². The highest BCUT2D eigenvalue weighted by atomic mass is 16.2. The molecule has 2 aromatic carbocycles. The zero-order valence-electron chi connectivity index (χ0n) is 9.73. The van der Waals surface area contributed by atoms with Crippen LogP contribution in [0.1, 0.15) is 11.1 Å². The average Bonchev–Trinajstić information content (AvgIpc) is 2.45. The highest BCUT2D eigenvalue weighted by Gasteiger charge is 1.92. The van der Waals surface area contributed by atoms with Gasteiger partial charge in [-0.3, -0.25) is 0 Å². The van der Waals surface area contributed by atoms with Gasteiger partial charge in [0.15, 0.2) is 0 Å². The van der Waals surface area contributed by atoms with E-state index in [9.17, 15) is 4.79 Å². The van der Waals surface area contributed by atoms with Crippen molar-refractivity contribution in [3.05, 3.63) is 71.8 Å². The summed E-state index contributed by atoms with van der Waals surface area (Å²) in [5.74, 6) is 0. The van der Waals surface area contributed by atoms with Crippen LogP contribution in [0.4, 0.5) is 4.79 Å². The lowest BCUT2D eigenvalue weighted by atomic mass is 10.2. The maximum Gasteiger partial charge on any atom is 0.366 e.